The molecule has 1 saturated heterocycles. The van der Waals surface area contributed by atoms with E-state index in [1.807, 2.05) is 6.07 Å². The van der Waals surface area contributed by atoms with Gasteiger partial charge in [-0.2, -0.15) is 13.2 Å². The number of pyridine rings is 1. The van der Waals surface area contributed by atoms with Gasteiger partial charge in [0.15, 0.2) is 0 Å². The van der Waals surface area contributed by atoms with Gasteiger partial charge in [-0.25, -0.2) is 4.98 Å². The van der Waals surface area contributed by atoms with E-state index in [0.717, 1.165) is 30.7 Å². The van der Waals surface area contributed by atoms with Crippen molar-refractivity contribution < 1.29 is 18.0 Å². The van der Waals surface area contributed by atoms with Gasteiger partial charge in [0.05, 0.1) is 17.5 Å². The first-order valence-electron chi connectivity index (χ1n) is 9.62. The van der Waals surface area contributed by atoms with Crippen molar-refractivity contribution in [3.8, 4) is 11.3 Å². The van der Waals surface area contributed by atoms with Crippen LogP contribution in [0.1, 0.15) is 40.5 Å². The van der Waals surface area contributed by atoms with Gasteiger partial charge in [0.2, 0.25) is 0 Å². The number of carbonyl (C=O) groups is 1. The van der Waals surface area contributed by atoms with Gasteiger partial charge in [0.25, 0.3) is 5.91 Å². The van der Waals surface area contributed by atoms with E-state index in [-0.39, 0.29) is 11.8 Å². The summed E-state index contributed by atoms with van der Waals surface area (Å²) in [5.74, 6) is -0.174. The summed E-state index contributed by atoms with van der Waals surface area (Å²) in [5, 5.41) is 0. The van der Waals surface area contributed by atoms with Crippen LogP contribution in [0.5, 0.6) is 0 Å². The molecule has 154 valence electrons. The molecule has 30 heavy (non-hydrogen) atoms. The highest BCUT2D eigenvalue weighted by Gasteiger charge is 2.31. The molecular weight excluding hydrogens is 393 g/mol. The van der Waals surface area contributed by atoms with Crippen LogP contribution in [0.3, 0.4) is 0 Å². The molecule has 0 N–H and O–H groups in total. The first kappa shape index (κ1) is 20.0. The quantitative estimate of drug-likeness (QED) is 0.632. The standard InChI is InChI=1S/C22H19F3N4O/c23-22(24,25)17-6-1-4-15(12-17)18-7-2-8-19(28-18)16-5-3-11-29(14-16)21(30)20-13-26-9-10-27-20/h1-2,4,6-10,12-13,16H,3,5,11,14H2. The molecule has 2 aromatic heterocycles. The zero-order valence-electron chi connectivity index (χ0n) is 16.0. The van der Waals surface area contributed by atoms with Crippen LogP contribution < -0.4 is 0 Å². The average Bonchev–Trinajstić information content (AvgIpc) is 2.79. The number of hydrogen-bond acceptors (Lipinski definition) is 4. The number of carbonyl (C=O) groups excluding carboxylic acids is 1. The molecule has 0 radical (unpaired) electrons. The molecule has 3 aromatic rings. The third-order valence-corrected chi connectivity index (χ3v) is 5.17. The van der Waals surface area contributed by atoms with E-state index in [1.54, 1.807) is 23.1 Å². The number of piperidine rings is 1. The van der Waals surface area contributed by atoms with Crippen molar-refractivity contribution >= 4 is 5.91 Å². The molecule has 1 amide bonds. The van der Waals surface area contributed by atoms with Crippen molar-refractivity contribution in [3.05, 3.63) is 78.0 Å². The molecule has 5 nitrogen and oxygen atoms in total. The van der Waals surface area contributed by atoms with Crippen molar-refractivity contribution in [1.29, 1.82) is 0 Å². The molecule has 0 saturated carbocycles. The molecule has 1 fully saturated rings. The van der Waals surface area contributed by atoms with E-state index in [0.29, 0.717) is 30.0 Å². The second-order valence-corrected chi connectivity index (χ2v) is 7.21. The van der Waals surface area contributed by atoms with Crippen molar-refractivity contribution in [3.63, 3.8) is 0 Å². The summed E-state index contributed by atoms with van der Waals surface area (Å²) < 4.78 is 39.1. The normalized spacial score (nSPS) is 17.0. The summed E-state index contributed by atoms with van der Waals surface area (Å²) in [4.78, 5) is 27.1. The lowest BCUT2D eigenvalue weighted by Crippen LogP contribution is -2.39. The maximum Gasteiger partial charge on any atom is 0.416 e. The molecule has 1 aliphatic heterocycles. The lowest BCUT2D eigenvalue weighted by Gasteiger charge is -2.32. The van der Waals surface area contributed by atoms with Gasteiger partial charge < -0.3 is 4.90 Å². The van der Waals surface area contributed by atoms with Gasteiger partial charge in [-0.3, -0.25) is 14.8 Å². The van der Waals surface area contributed by atoms with Crippen LogP contribution in [0.25, 0.3) is 11.3 Å². The fourth-order valence-electron chi connectivity index (χ4n) is 3.67. The molecule has 1 atom stereocenters. The van der Waals surface area contributed by atoms with Crippen molar-refractivity contribution in [2.45, 2.75) is 24.9 Å². The Morgan fingerprint density at radius 2 is 1.93 bits per heavy atom. The molecule has 1 aliphatic rings. The number of rotatable bonds is 3. The number of amides is 1. The van der Waals surface area contributed by atoms with Gasteiger partial charge in [0, 0.05) is 42.7 Å². The number of benzene rings is 1. The summed E-state index contributed by atoms with van der Waals surface area (Å²) in [6, 6.07) is 10.5. The summed E-state index contributed by atoms with van der Waals surface area (Å²) in [6.07, 6.45) is 1.69. The van der Waals surface area contributed by atoms with Crippen LogP contribution >= 0.6 is 0 Å². The number of alkyl halides is 3. The second kappa shape index (κ2) is 8.22. The number of likely N-dealkylation sites (tertiary alicyclic amines) is 1. The van der Waals surface area contributed by atoms with E-state index in [1.165, 1.54) is 24.7 Å². The number of hydrogen-bond donors (Lipinski definition) is 0. The smallest absolute Gasteiger partial charge is 0.337 e. The third-order valence-electron chi connectivity index (χ3n) is 5.17. The fraction of sp³-hybridized carbons (Fsp3) is 0.273. The van der Waals surface area contributed by atoms with Crippen molar-refractivity contribution in [2.75, 3.05) is 13.1 Å². The van der Waals surface area contributed by atoms with Crippen LogP contribution in [0.2, 0.25) is 0 Å². The third kappa shape index (κ3) is 4.32. The minimum atomic E-state index is -4.40. The number of halogens is 3. The van der Waals surface area contributed by atoms with Gasteiger partial charge in [-0.1, -0.05) is 18.2 Å². The zero-order chi connectivity index (χ0) is 21.1. The average molecular weight is 412 g/mol. The number of aromatic nitrogens is 3. The van der Waals surface area contributed by atoms with E-state index in [2.05, 4.69) is 15.0 Å². The topological polar surface area (TPSA) is 59.0 Å². The Labute approximate surface area is 171 Å². The van der Waals surface area contributed by atoms with E-state index in [9.17, 15) is 18.0 Å². The van der Waals surface area contributed by atoms with Crippen LogP contribution in [0, 0.1) is 0 Å². The molecule has 0 aliphatic carbocycles. The summed E-state index contributed by atoms with van der Waals surface area (Å²) in [7, 11) is 0. The lowest BCUT2D eigenvalue weighted by molar-refractivity contribution is -0.137. The van der Waals surface area contributed by atoms with Crippen LogP contribution in [-0.4, -0.2) is 38.8 Å². The zero-order valence-corrected chi connectivity index (χ0v) is 16.0. The Balaban J connectivity index is 1.56. The summed E-state index contributed by atoms with van der Waals surface area (Å²) in [6.45, 7) is 1.10. The summed E-state index contributed by atoms with van der Waals surface area (Å²) in [5.41, 5.74) is 1.25. The molecule has 0 spiro atoms. The Bertz CT molecular complexity index is 1040. The predicted octanol–water partition coefficient (Wildman–Crippen LogP) is 4.58. The predicted molar refractivity (Wildman–Crippen MR) is 105 cm³/mol. The first-order chi connectivity index (χ1) is 14.4. The van der Waals surface area contributed by atoms with E-state index < -0.39 is 11.7 Å². The van der Waals surface area contributed by atoms with E-state index in [4.69, 9.17) is 0 Å². The Morgan fingerprint density at radius 3 is 2.70 bits per heavy atom. The van der Waals surface area contributed by atoms with Gasteiger partial charge in [0.1, 0.15) is 5.69 Å². The van der Waals surface area contributed by atoms with Crippen molar-refractivity contribution in [2.24, 2.45) is 0 Å². The monoisotopic (exact) mass is 412 g/mol. The second-order valence-electron chi connectivity index (χ2n) is 7.21. The highest BCUT2D eigenvalue weighted by atomic mass is 19.4. The maximum absolute atomic E-state index is 13.0. The highest BCUT2D eigenvalue weighted by Crippen LogP contribution is 2.33. The highest BCUT2D eigenvalue weighted by molar-refractivity contribution is 5.92. The Kier molecular flexibility index (Phi) is 5.48. The number of nitrogens with zero attached hydrogens (tertiary/aromatic N) is 4. The summed E-state index contributed by atoms with van der Waals surface area (Å²) >= 11 is 0. The first-order valence-corrected chi connectivity index (χ1v) is 9.62. The molecule has 3 heterocycles. The molecule has 8 heteroatoms. The van der Waals surface area contributed by atoms with Crippen LogP contribution in [0.15, 0.2) is 61.1 Å². The Morgan fingerprint density at radius 1 is 1.10 bits per heavy atom. The van der Waals surface area contributed by atoms with E-state index >= 15 is 0 Å². The molecule has 1 aromatic carbocycles. The van der Waals surface area contributed by atoms with Gasteiger partial charge >= 0.3 is 6.18 Å². The maximum atomic E-state index is 13.0. The van der Waals surface area contributed by atoms with Crippen LogP contribution in [-0.2, 0) is 6.18 Å². The fourth-order valence-corrected chi connectivity index (χ4v) is 3.67. The largest absolute Gasteiger partial charge is 0.416 e. The SMILES string of the molecule is O=C(c1cnccn1)N1CCCC(c2cccc(-c3cccc(C(F)(F)F)c3)n2)C1. The minimum Gasteiger partial charge on any atom is -0.337 e. The van der Waals surface area contributed by atoms with Crippen LogP contribution in [0.4, 0.5) is 13.2 Å². The molecule has 0 bridgehead atoms. The molecular formula is C22H19F3N4O. The minimum absolute atomic E-state index is 0.00474. The lowest BCUT2D eigenvalue weighted by atomic mass is 9.93. The Hall–Kier alpha value is -3.29. The van der Waals surface area contributed by atoms with Gasteiger partial charge in [-0.15, -0.1) is 0 Å². The molecule has 4 rings (SSSR count). The molecule has 1 unspecified atom stereocenters. The van der Waals surface area contributed by atoms with Gasteiger partial charge in [-0.05, 0) is 37.1 Å². The van der Waals surface area contributed by atoms with Crippen molar-refractivity contribution in [1.82, 2.24) is 19.9 Å².